The molecule has 0 unspecified atom stereocenters. The van der Waals surface area contributed by atoms with E-state index < -0.39 is 83.0 Å². The molecule has 1 aromatic carbocycles. The zero-order valence-electron chi connectivity index (χ0n) is 34.8. The number of unbranched alkanes of at least 4 members (excludes halogenated alkanes) is 1. The predicted molar refractivity (Wildman–Crippen MR) is 213 cm³/mol. The molecule has 1 aromatic rings. The second kappa shape index (κ2) is 25.0. The Morgan fingerprint density at radius 1 is 0.741 bits per heavy atom. The zero-order chi connectivity index (χ0) is 44.1. The molecule has 4 atom stereocenters. The Balaban J connectivity index is 3.13. The van der Waals surface area contributed by atoms with Crippen molar-refractivity contribution in [3.63, 3.8) is 0 Å². The summed E-state index contributed by atoms with van der Waals surface area (Å²) >= 11 is 0. The molecule has 0 fully saturated rings. The molecule has 0 aliphatic heterocycles. The first-order valence-corrected chi connectivity index (χ1v) is 19.1. The average molecular weight is 822 g/mol. The molecule has 0 aliphatic rings. The first kappa shape index (κ1) is 50.5. The van der Waals surface area contributed by atoms with E-state index in [-0.39, 0.29) is 51.5 Å². The van der Waals surface area contributed by atoms with E-state index in [1.165, 1.54) is 0 Å². The highest BCUT2D eigenvalue weighted by Gasteiger charge is 2.33. The zero-order valence-corrected chi connectivity index (χ0v) is 34.8. The van der Waals surface area contributed by atoms with E-state index in [1.54, 1.807) is 85.7 Å². The van der Waals surface area contributed by atoms with Crippen molar-refractivity contribution in [2.45, 2.75) is 129 Å². The minimum atomic E-state index is -1.46. The monoisotopic (exact) mass is 821 g/mol. The molecule has 0 spiro atoms. The van der Waals surface area contributed by atoms with E-state index in [0.717, 1.165) is 0 Å². The molecular formula is C38H63N9O11. The van der Waals surface area contributed by atoms with Crippen LogP contribution in [0.25, 0.3) is 0 Å². The summed E-state index contributed by atoms with van der Waals surface area (Å²) in [6.45, 7) is 13.3. The predicted octanol–water partition coefficient (Wildman–Crippen LogP) is 0.942. The van der Waals surface area contributed by atoms with Gasteiger partial charge in [-0.15, -0.1) is 5.48 Å². The lowest BCUT2D eigenvalue weighted by Crippen LogP contribution is -2.57. The smallest absolute Gasteiger partial charge is 0.407 e. The fraction of sp³-hybridized carbons (Fsp3) is 0.632. The molecule has 0 saturated heterocycles. The number of amides is 4. The van der Waals surface area contributed by atoms with Gasteiger partial charge < -0.3 is 57.5 Å². The maximum atomic E-state index is 13.6. The summed E-state index contributed by atoms with van der Waals surface area (Å²) in [5.41, 5.74) is 18.3. The van der Waals surface area contributed by atoms with Crippen molar-refractivity contribution in [2.24, 2.45) is 28.1 Å². The number of alkyl carbamates (subject to hydrolysis) is 2. The Morgan fingerprint density at radius 3 is 1.84 bits per heavy atom. The number of nitrogens with two attached hydrogens (primary N) is 3. The first-order valence-electron chi connectivity index (χ1n) is 19.1. The van der Waals surface area contributed by atoms with Gasteiger partial charge in [0.2, 0.25) is 11.8 Å². The van der Waals surface area contributed by atoms with Gasteiger partial charge in [0.05, 0.1) is 6.04 Å². The van der Waals surface area contributed by atoms with Crippen LogP contribution in [-0.2, 0) is 49.6 Å². The summed E-state index contributed by atoms with van der Waals surface area (Å²) < 4.78 is 15.6. The fourth-order valence-corrected chi connectivity index (χ4v) is 4.76. The number of ketones is 1. The van der Waals surface area contributed by atoms with Gasteiger partial charge >= 0.3 is 24.1 Å². The van der Waals surface area contributed by atoms with Crippen LogP contribution < -0.4 is 43.9 Å². The number of nitrogens with zero attached hydrogens (tertiary/aromatic N) is 1. The Labute approximate surface area is 339 Å². The summed E-state index contributed by atoms with van der Waals surface area (Å²) in [7, 11) is 0. The van der Waals surface area contributed by atoms with E-state index in [1.807, 2.05) is 0 Å². The highest BCUT2D eigenvalue weighted by molar-refractivity contribution is 6.35. The quantitative estimate of drug-likeness (QED) is 0.0145. The van der Waals surface area contributed by atoms with Gasteiger partial charge in [0, 0.05) is 19.6 Å². The minimum Gasteiger partial charge on any atom is -0.455 e. The number of guanidine groups is 1. The summed E-state index contributed by atoms with van der Waals surface area (Å²) in [4.78, 5) is 99.7. The highest BCUT2D eigenvalue weighted by atomic mass is 16.7. The van der Waals surface area contributed by atoms with Crippen molar-refractivity contribution in [1.82, 2.24) is 26.7 Å². The minimum absolute atomic E-state index is 0.00121. The molecule has 0 heterocycles. The van der Waals surface area contributed by atoms with Gasteiger partial charge in [-0.1, -0.05) is 44.2 Å². The van der Waals surface area contributed by atoms with Crippen LogP contribution in [0.2, 0.25) is 0 Å². The standard InChI is InChI=1S/C38H63N9O11/c1-23(2)28(46-30(49)25(39)17-20-43-35(53)56-37(3,4)5)31(50)45-27(18-21-44-36(54)57-38(6,7)8)32(51)58-47-26(16-12-13-19-42-34(40)41)29(48)33(52)55-22-24-14-10-9-11-15-24/h9-11,14-15,23,25-28,47H,12-13,16-22,39H2,1-8H3,(H,43,53)(H,44,54)(H,45,50)(H,46,49)(H4,40,41,42)/t25-,26-,27-,28-/m0/s1. The third-order valence-corrected chi connectivity index (χ3v) is 7.64. The maximum absolute atomic E-state index is 13.6. The van der Waals surface area contributed by atoms with Gasteiger partial charge in [-0.05, 0) is 85.1 Å². The van der Waals surface area contributed by atoms with Gasteiger partial charge in [-0.3, -0.25) is 19.4 Å². The van der Waals surface area contributed by atoms with Crippen LogP contribution in [0.3, 0.4) is 0 Å². The number of aliphatic imine (C=N–C) groups is 1. The fourth-order valence-electron chi connectivity index (χ4n) is 4.76. The van der Waals surface area contributed by atoms with Crippen LogP contribution in [-0.4, -0.2) is 103 Å². The molecule has 11 N–H and O–H groups in total. The number of hydroxylamine groups is 1. The number of Topliss-reactive ketones (excluding diaryl/α,β-unsaturated/α-hetero) is 1. The van der Waals surface area contributed by atoms with Crippen LogP contribution in [0.5, 0.6) is 0 Å². The van der Waals surface area contributed by atoms with Gasteiger partial charge in [-0.25, -0.2) is 19.2 Å². The molecule has 20 nitrogen and oxygen atoms in total. The third-order valence-electron chi connectivity index (χ3n) is 7.64. The summed E-state index contributed by atoms with van der Waals surface area (Å²) in [6.07, 6.45) is -0.949. The van der Waals surface area contributed by atoms with Crippen LogP contribution in [0.15, 0.2) is 35.3 Å². The van der Waals surface area contributed by atoms with Crippen molar-refractivity contribution >= 4 is 47.7 Å². The number of carbonyl (C=O) groups excluding carboxylic acids is 7. The SMILES string of the molecule is CC(C)[C@H](NC(=O)[C@@H](N)CCNC(=O)OC(C)(C)C)C(=O)N[C@@H](CCNC(=O)OC(C)(C)C)C(=O)ON[C@@H](CCCCN=C(N)N)C(=O)C(=O)OCc1ccccc1. The molecule has 0 aliphatic carbocycles. The average Bonchev–Trinajstić information content (AvgIpc) is 3.11. The molecule has 58 heavy (non-hydrogen) atoms. The van der Waals surface area contributed by atoms with E-state index >= 15 is 0 Å². The molecule has 1 rings (SSSR count). The second-order valence-corrected chi connectivity index (χ2v) is 15.7. The normalized spacial score (nSPS) is 13.4. The number of esters is 1. The van der Waals surface area contributed by atoms with Crippen molar-refractivity contribution in [3.05, 3.63) is 35.9 Å². The topological polar surface area (TPSA) is 307 Å². The molecule has 4 amide bonds. The Morgan fingerprint density at radius 2 is 1.31 bits per heavy atom. The molecule has 0 bridgehead atoms. The number of rotatable bonds is 23. The lowest BCUT2D eigenvalue weighted by Gasteiger charge is -2.26. The van der Waals surface area contributed by atoms with E-state index in [4.69, 9.17) is 36.2 Å². The first-order chi connectivity index (χ1) is 27.0. The summed E-state index contributed by atoms with van der Waals surface area (Å²) in [5, 5.41) is 10.1. The number of ether oxygens (including phenoxy) is 3. The lowest BCUT2D eigenvalue weighted by atomic mass is 10.0. The third kappa shape index (κ3) is 22.3. The number of carbonyl (C=O) groups is 7. The van der Waals surface area contributed by atoms with E-state index in [9.17, 15) is 33.6 Å². The Bertz CT molecular complexity index is 1540. The second-order valence-electron chi connectivity index (χ2n) is 15.7. The number of hydrogen-bond acceptors (Lipinski definition) is 14. The van der Waals surface area contributed by atoms with Gasteiger partial charge in [0.1, 0.15) is 35.9 Å². The number of benzene rings is 1. The molecule has 20 heteroatoms. The van der Waals surface area contributed by atoms with Crippen molar-refractivity contribution in [3.8, 4) is 0 Å². The van der Waals surface area contributed by atoms with Crippen LogP contribution in [0.1, 0.15) is 93.1 Å². The molecule has 0 saturated carbocycles. The Kier molecular flexibility index (Phi) is 21.8. The summed E-state index contributed by atoms with van der Waals surface area (Å²) in [5.74, 6) is -5.41. The maximum Gasteiger partial charge on any atom is 0.407 e. The van der Waals surface area contributed by atoms with E-state index in [2.05, 4.69) is 31.7 Å². The van der Waals surface area contributed by atoms with E-state index in [0.29, 0.717) is 18.4 Å². The largest absolute Gasteiger partial charge is 0.455 e. The van der Waals surface area contributed by atoms with Crippen molar-refractivity contribution < 1.29 is 52.6 Å². The van der Waals surface area contributed by atoms with Crippen molar-refractivity contribution in [1.29, 1.82) is 0 Å². The van der Waals surface area contributed by atoms with Gasteiger partial charge in [0.15, 0.2) is 5.96 Å². The summed E-state index contributed by atoms with van der Waals surface area (Å²) in [6, 6.07) is 3.54. The molecule has 0 aromatic heterocycles. The van der Waals surface area contributed by atoms with Crippen LogP contribution >= 0.6 is 0 Å². The molecule has 0 radical (unpaired) electrons. The van der Waals surface area contributed by atoms with Crippen molar-refractivity contribution in [2.75, 3.05) is 19.6 Å². The van der Waals surface area contributed by atoms with Crippen LogP contribution in [0, 0.1) is 5.92 Å². The van der Waals surface area contributed by atoms with Gasteiger partial charge in [0.25, 0.3) is 5.78 Å². The van der Waals surface area contributed by atoms with Crippen LogP contribution in [0.4, 0.5) is 9.59 Å². The van der Waals surface area contributed by atoms with Gasteiger partial charge in [-0.2, -0.15) is 0 Å². The Hall–Kier alpha value is -5.50. The molecule has 326 valence electrons. The lowest BCUT2D eigenvalue weighted by molar-refractivity contribution is -0.163. The number of nitrogens with one attached hydrogen (secondary N) is 5. The number of hydrogen-bond donors (Lipinski definition) is 8. The highest BCUT2D eigenvalue weighted by Crippen LogP contribution is 2.11. The molecular weight excluding hydrogens is 758 g/mol.